The molecule has 0 aliphatic rings. The van der Waals surface area contributed by atoms with Crippen LogP contribution < -0.4 is 5.32 Å². The zero-order valence-electron chi connectivity index (χ0n) is 14.2. The van der Waals surface area contributed by atoms with Gasteiger partial charge in [0.2, 0.25) is 5.78 Å². The smallest absolute Gasteiger partial charge is 0.251 e. The van der Waals surface area contributed by atoms with E-state index in [-0.39, 0.29) is 11.7 Å². The minimum atomic E-state index is -0.119. The molecule has 4 aromatic rings. The lowest BCUT2D eigenvalue weighted by molar-refractivity contribution is 0.0950. The molecule has 4 rings (SSSR count). The maximum atomic E-state index is 12.4. The summed E-state index contributed by atoms with van der Waals surface area (Å²) in [5, 5.41) is 10.8. The Balaban J connectivity index is 1.37. The van der Waals surface area contributed by atoms with Crippen LogP contribution in [0.15, 0.2) is 70.1 Å². The molecule has 0 atom stereocenters. The maximum absolute atomic E-state index is 12.4. The van der Waals surface area contributed by atoms with Crippen molar-refractivity contribution in [2.75, 3.05) is 0 Å². The van der Waals surface area contributed by atoms with Crippen LogP contribution in [0.3, 0.4) is 0 Å². The lowest BCUT2D eigenvalue weighted by Gasteiger charge is -2.05. The molecule has 0 radical (unpaired) electrons. The van der Waals surface area contributed by atoms with Gasteiger partial charge < -0.3 is 5.32 Å². The van der Waals surface area contributed by atoms with Crippen molar-refractivity contribution in [1.29, 1.82) is 0 Å². The van der Waals surface area contributed by atoms with E-state index in [4.69, 9.17) is 0 Å². The molecule has 0 aliphatic carbocycles. The standard InChI is InChI=1S/C21H15NO2S3/c23-20(17-8-10-26-13-17)19-6-5-18(27-19)11-22-21(24)15-3-1-14(2-4-15)16-7-9-25-12-16/h1-10,12-13H,11H2,(H,22,24). The highest BCUT2D eigenvalue weighted by molar-refractivity contribution is 7.14. The van der Waals surface area contributed by atoms with Gasteiger partial charge in [-0.3, -0.25) is 9.59 Å². The first-order valence-electron chi connectivity index (χ1n) is 8.27. The molecule has 0 bridgehead atoms. The predicted molar refractivity (Wildman–Crippen MR) is 113 cm³/mol. The number of hydrogen-bond acceptors (Lipinski definition) is 5. The average molecular weight is 410 g/mol. The number of hydrogen-bond donors (Lipinski definition) is 1. The molecule has 3 aromatic heterocycles. The zero-order valence-corrected chi connectivity index (χ0v) is 16.6. The van der Waals surface area contributed by atoms with Crippen LogP contribution in [0.4, 0.5) is 0 Å². The summed E-state index contributed by atoms with van der Waals surface area (Å²) >= 11 is 4.58. The van der Waals surface area contributed by atoms with Crippen molar-refractivity contribution in [2.45, 2.75) is 6.54 Å². The van der Waals surface area contributed by atoms with Crippen LogP contribution in [0.5, 0.6) is 0 Å². The molecule has 134 valence electrons. The highest BCUT2D eigenvalue weighted by atomic mass is 32.1. The molecule has 0 saturated heterocycles. The summed E-state index contributed by atoms with van der Waals surface area (Å²) in [6.45, 7) is 0.409. The van der Waals surface area contributed by atoms with E-state index in [0.717, 1.165) is 16.0 Å². The fraction of sp³-hybridized carbons (Fsp3) is 0.0476. The van der Waals surface area contributed by atoms with Gasteiger partial charge in [-0.1, -0.05) is 12.1 Å². The van der Waals surface area contributed by atoms with Gasteiger partial charge in [0.1, 0.15) is 0 Å². The Morgan fingerprint density at radius 1 is 0.778 bits per heavy atom. The third-order valence-corrected chi connectivity index (χ3v) is 6.54. The Kier molecular flexibility index (Phi) is 5.29. The Hall–Kier alpha value is -2.54. The van der Waals surface area contributed by atoms with Crippen molar-refractivity contribution in [3.05, 3.63) is 90.9 Å². The molecule has 0 spiro atoms. The topological polar surface area (TPSA) is 46.2 Å². The number of carbonyl (C=O) groups excluding carboxylic acids is 2. The summed E-state index contributed by atoms with van der Waals surface area (Å²) in [5.74, 6) is -0.0891. The van der Waals surface area contributed by atoms with Gasteiger partial charge in [0, 0.05) is 21.4 Å². The van der Waals surface area contributed by atoms with Crippen molar-refractivity contribution >= 4 is 45.7 Å². The van der Waals surface area contributed by atoms with Gasteiger partial charge in [0.25, 0.3) is 5.91 Å². The quantitative estimate of drug-likeness (QED) is 0.415. The largest absolute Gasteiger partial charge is 0.347 e. The van der Waals surface area contributed by atoms with E-state index in [0.29, 0.717) is 22.5 Å². The number of amides is 1. The third-order valence-electron chi connectivity index (χ3n) is 4.09. The third kappa shape index (κ3) is 4.08. The highest BCUT2D eigenvalue weighted by Crippen LogP contribution is 2.23. The van der Waals surface area contributed by atoms with Crippen LogP contribution in [-0.2, 0) is 6.54 Å². The van der Waals surface area contributed by atoms with E-state index < -0.39 is 0 Å². The Bertz CT molecular complexity index is 1050. The average Bonchev–Trinajstić information content (AvgIpc) is 3.48. The molecular weight excluding hydrogens is 394 g/mol. The molecule has 3 nitrogen and oxygen atoms in total. The van der Waals surface area contributed by atoms with Crippen molar-refractivity contribution in [1.82, 2.24) is 5.32 Å². The summed E-state index contributed by atoms with van der Waals surface area (Å²) in [7, 11) is 0. The van der Waals surface area contributed by atoms with Crippen LogP contribution in [-0.4, -0.2) is 11.7 Å². The minimum absolute atomic E-state index is 0.0304. The van der Waals surface area contributed by atoms with E-state index in [1.807, 2.05) is 58.6 Å². The van der Waals surface area contributed by atoms with E-state index in [1.165, 1.54) is 22.7 Å². The molecule has 3 heterocycles. The summed E-state index contributed by atoms with van der Waals surface area (Å²) in [5.41, 5.74) is 3.60. The van der Waals surface area contributed by atoms with Crippen molar-refractivity contribution in [3.8, 4) is 11.1 Å². The molecule has 0 unspecified atom stereocenters. The zero-order chi connectivity index (χ0) is 18.6. The Labute approximate surface area is 168 Å². The number of carbonyl (C=O) groups is 2. The van der Waals surface area contributed by atoms with Gasteiger partial charge in [0.05, 0.1) is 11.4 Å². The summed E-state index contributed by atoms with van der Waals surface area (Å²) < 4.78 is 0. The molecule has 0 fully saturated rings. The monoisotopic (exact) mass is 409 g/mol. The van der Waals surface area contributed by atoms with Gasteiger partial charge in [0.15, 0.2) is 0 Å². The molecule has 1 amide bonds. The van der Waals surface area contributed by atoms with Crippen molar-refractivity contribution in [2.24, 2.45) is 0 Å². The number of nitrogens with one attached hydrogen (secondary N) is 1. The van der Waals surface area contributed by atoms with Crippen molar-refractivity contribution in [3.63, 3.8) is 0 Å². The molecular formula is C21H15NO2S3. The van der Waals surface area contributed by atoms with Crippen LogP contribution in [0, 0.1) is 0 Å². The Morgan fingerprint density at radius 2 is 1.56 bits per heavy atom. The fourth-order valence-electron chi connectivity index (χ4n) is 2.64. The second-order valence-corrected chi connectivity index (χ2v) is 8.61. The highest BCUT2D eigenvalue weighted by Gasteiger charge is 2.13. The summed E-state index contributed by atoms with van der Waals surface area (Å²) in [4.78, 5) is 26.4. The van der Waals surface area contributed by atoms with E-state index in [1.54, 1.807) is 11.3 Å². The molecule has 27 heavy (non-hydrogen) atoms. The molecule has 0 saturated carbocycles. The van der Waals surface area contributed by atoms with Gasteiger partial charge in [-0.15, -0.1) is 11.3 Å². The number of thiophene rings is 3. The van der Waals surface area contributed by atoms with Crippen molar-refractivity contribution < 1.29 is 9.59 Å². The van der Waals surface area contributed by atoms with Gasteiger partial charge in [-0.05, 0) is 63.7 Å². The number of ketones is 1. The number of benzene rings is 1. The molecule has 1 aromatic carbocycles. The Morgan fingerprint density at radius 3 is 2.26 bits per heavy atom. The fourth-order valence-corrected chi connectivity index (χ4v) is 4.85. The first-order valence-corrected chi connectivity index (χ1v) is 11.0. The SMILES string of the molecule is O=C(NCc1ccc(C(=O)c2ccsc2)s1)c1ccc(-c2ccsc2)cc1. The summed E-state index contributed by atoms with van der Waals surface area (Å²) in [6.07, 6.45) is 0. The molecule has 1 N–H and O–H groups in total. The van der Waals surface area contributed by atoms with Gasteiger partial charge >= 0.3 is 0 Å². The van der Waals surface area contributed by atoms with E-state index in [2.05, 4.69) is 16.8 Å². The van der Waals surface area contributed by atoms with Crippen LogP contribution in [0.1, 0.15) is 30.5 Å². The summed E-state index contributed by atoms with van der Waals surface area (Å²) in [6, 6.07) is 15.2. The van der Waals surface area contributed by atoms with Crippen LogP contribution in [0.25, 0.3) is 11.1 Å². The lowest BCUT2D eigenvalue weighted by Crippen LogP contribution is -2.22. The van der Waals surface area contributed by atoms with E-state index >= 15 is 0 Å². The second kappa shape index (κ2) is 8.00. The molecule has 6 heteroatoms. The van der Waals surface area contributed by atoms with E-state index in [9.17, 15) is 9.59 Å². The van der Waals surface area contributed by atoms with Gasteiger partial charge in [-0.25, -0.2) is 0 Å². The normalized spacial score (nSPS) is 10.7. The van der Waals surface area contributed by atoms with Crippen LogP contribution in [0.2, 0.25) is 0 Å². The molecule has 0 aliphatic heterocycles. The maximum Gasteiger partial charge on any atom is 0.251 e. The van der Waals surface area contributed by atoms with Gasteiger partial charge in [-0.2, -0.15) is 22.7 Å². The first kappa shape index (κ1) is 17.9. The first-order chi connectivity index (χ1) is 13.2. The minimum Gasteiger partial charge on any atom is -0.347 e. The predicted octanol–water partition coefficient (Wildman–Crippen LogP) is 5.70. The number of rotatable bonds is 6. The second-order valence-electron chi connectivity index (χ2n) is 5.88. The lowest BCUT2D eigenvalue weighted by atomic mass is 10.1. The van der Waals surface area contributed by atoms with Crippen LogP contribution >= 0.6 is 34.0 Å².